The largest absolute Gasteiger partial charge is 0.493 e. The number of hydrogen-bond donors (Lipinski definition) is 1. The van der Waals surface area contributed by atoms with Crippen molar-refractivity contribution < 1.29 is 14.0 Å². The lowest BCUT2D eigenvalue weighted by molar-refractivity contribution is 0.257. The maximum atomic E-state index is 6.36. The summed E-state index contributed by atoms with van der Waals surface area (Å²) in [6.45, 7) is 6.78. The van der Waals surface area contributed by atoms with Gasteiger partial charge in [0.05, 0.1) is 18.7 Å². The first-order chi connectivity index (χ1) is 12.4. The molecule has 1 N–H and O–H groups in total. The van der Waals surface area contributed by atoms with Crippen molar-refractivity contribution in [3.8, 4) is 11.5 Å². The average Bonchev–Trinajstić information content (AvgIpc) is 3.05. The van der Waals surface area contributed by atoms with E-state index < -0.39 is 0 Å². The first kappa shape index (κ1) is 23.3. The van der Waals surface area contributed by atoms with Crippen LogP contribution in [0.5, 0.6) is 11.5 Å². The van der Waals surface area contributed by atoms with Gasteiger partial charge in [-0.05, 0) is 43.7 Å². The van der Waals surface area contributed by atoms with E-state index in [2.05, 4.69) is 36.2 Å². The van der Waals surface area contributed by atoms with Gasteiger partial charge in [-0.15, -0.1) is 12.4 Å². The van der Waals surface area contributed by atoms with Crippen LogP contribution in [0.4, 0.5) is 0 Å². The van der Waals surface area contributed by atoms with Crippen molar-refractivity contribution in [1.29, 1.82) is 0 Å². The van der Waals surface area contributed by atoms with E-state index in [1.807, 2.05) is 25.3 Å². The Morgan fingerprint density at radius 2 is 2.00 bits per heavy atom. The maximum Gasteiger partial charge on any atom is 0.250 e. The lowest BCUT2D eigenvalue weighted by Gasteiger charge is -2.14. The van der Waals surface area contributed by atoms with Crippen LogP contribution in [0.25, 0.3) is 12.2 Å². The van der Waals surface area contributed by atoms with Crippen molar-refractivity contribution in [3.05, 3.63) is 34.4 Å². The molecule has 2 aromatic rings. The quantitative estimate of drug-likeness (QED) is 0.649. The van der Waals surface area contributed by atoms with Gasteiger partial charge in [-0.2, -0.15) is 4.98 Å². The van der Waals surface area contributed by atoms with Gasteiger partial charge in [0, 0.05) is 18.5 Å². The van der Waals surface area contributed by atoms with E-state index in [9.17, 15) is 0 Å². The van der Waals surface area contributed by atoms with Gasteiger partial charge in [0.15, 0.2) is 17.3 Å². The zero-order chi connectivity index (χ0) is 19.1. The molecular weight excluding hydrogens is 389 g/mol. The molecule has 0 aliphatic heterocycles. The predicted octanol–water partition coefficient (Wildman–Crippen LogP) is 4.51. The topological polar surface area (TPSA) is 69.4 Å². The first-order valence-corrected chi connectivity index (χ1v) is 8.99. The van der Waals surface area contributed by atoms with Crippen molar-refractivity contribution in [3.63, 3.8) is 0 Å². The number of benzene rings is 1. The molecule has 0 spiro atoms. The monoisotopic (exact) mass is 415 g/mol. The van der Waals surface area contributed by atoms with Crippen LogP contribution in [0, 0.1) is 5.92 Å². The molecule has 1 unspecified atom stereocenters. The van der Waals surface area contributed by atoms with Crippen LogP contribution >= 0.6 is 24.0 Å². The molecule has 0 amide bonds. The van der Waals surface area contributed by atoms with Crippen LogP contribution < -0.4 is 14.8 Å². The van der Waals surface area contributed by atoms with Crippen molar-refractivity contribution in [2.45, 2.75) is 33.2 Å². The molecule has 0 fully saturated rings. The molecular formula is C19H27Cl2N3O3. The van der Waals surface area contributed by atoms with E-state index >= 15 is 0 Å². The number of aromatic nitrogens is 2. The van der Waals surface area contributed by atoms with Crippen molar-refractivity contribution in [2.24, 2.45) is 5.92 Å². The van der Waals surface area contributed by atoms with Gasteiger partial charge in [0.1, 0.15) is 0 Å². The average molecular weight is 416 g/mol. The van der Waals surface area contributed by atoms with E-state index in [0.29, 0.717) is 47.2 Å². The molecule has 6 nitrogen and oxygen atoms in total. The molecule has 1 aromatic carbocycles. The summed E-state index contributed by atoms with van der Waals surface area (Å²) in [5, 5.41) is 7.62. The predicted molar refractivity (Wildman–Crippen MR) is 111 cm³/mol. The summed E-state index contributed by atoms with van der Waals surface area (Å²) >= 11 is 6.36. The number of halogens is 2. The molecule has 1 atom stereocenters. The lowest BCUT2D eigenvalue weighted by Crippen LogP contribution is -2.24. The molecule has 0 bridgehead atoms. The van der Waals surface area contributed by atoms with Gasteiger partial charge in [-0.1, -0.05) is 30.6 Å². The van der Waals surface area contributed by atoms with Crippen molar-refractivity contribution in [1.82, 2.24) is 15.5 Å². The normalized spacial score (nSPS) is 12.3. The second-order valence-electron chi connectivity index (χ2n) is 6.51. The first-order valence-electron chi connectivity index (χ1n) is 8.61. The highest BCUT2D eigenvalue weighted by Gasteiger charge is 2.12. The van der Waals surface area contributed by atoms with Crippen LogP contribution in [-0.2, 0) is 6.42 Å². The summed E-state index contributed by atoms with van der Waals surface area (Å²) in [5.41, 5.74) is 0.854. The van der Waals surface area contributed by atoms with E-state index in [0.717, 1.165) is 5.56 Å². The Labute approximate surface area is 171 Å². The molecule has 0 radical (unpaired) electrons. The smallest absolute Gasteiger partial charge is 0.250 e. The van der Waals surface area contributed by atoms with Crippen molar-refractivity contribution >= 4 is 36.2 Å². The van der Waals surface area contributed by atoms with Gasteiger partial charge in [-0.3, -0.25) is 0 Å². The SMILES string of the molecule is CNC(C)Cc1noc(/C=C/c2cc(Cl)c(OCC(C)C)c(OC)c2)n1.Cl. The van der Waals surface area contributed by atoms with E-state index in [4.69, 9.17) is 25.6 Å². The number of hydrogen-bond acceptors (Lipinski definition) is 6. The number of rotatable bonds is 9. The molecule has 1 heterocycles. The summed E-state index contributed by atoms with van der Waals surface area (Å²) in [6, 6.07) is 3.96. The lowest BCUT2D eigenvalue weighted by atomic mass is 10.2. The standard InChI is InChI=1S/C19H26ClN3O3.ClH/c1-12(2)11-25-19-15(20)9-14(10-16(19)24-5)6-7-18-22-17(23-26-18)8-13(3)21-4;/h6-7,9-10,12-13,21H,8,11H2,1-5H3;1H/b7-6+;. The van der Waals surface area contributed by atoms with Gasteiger partial charge >= 0.3 is 0 Å². The highest BCUT2D eigenvalue weighted by molar-refractivity contribution is 6.32. The van der Waals surface area contributed by atoms with Crippen LogP contribution in [0.1, 0.15) is 38.0 Å². The van der Waals surface area contributed by atoms with E-state index in [-0.39, 0.29) is 18.4 Å². The minimum absolute atomic E-state index is 0. The van der Waals surface area contributed by atoms with Gasteiger partial charge < -0.3 is 19.3 Å². The van der Waals surface area contributed by atoms with Gasteiger partial charge in [-0.25, -0.2) is 0 Å². The van der Waals surface area contributed by atoms with Crippen LogP contribution in [-0.4, -0.2) is 36.9 Å². The maximum absolute atomic E-state index is 6.36. The number of ether oxygens (including phenoxy) is 2. The third-order valence-electron chi connectivity index (χ3n) is 3.70. The van der Waals surface area contributed by atoms with Crippen LogP contribution in [0.3, 0.4) is 0 Å². The van der Waals surface area contributed by atoms with Crippen LogP contribution in [0.2, 0.25) is 5.02 Å². The zero-order valence-corrected chi connectivity index (χ0v) is 17.9. The highest BCUT2D eigenvalue weighted by Crippen LogP contribution is 2.37. The van der Waals surface area contributed by atoms with E-state index in [1.54, 1.807) is 13.2 Å². The Kier molecular flexibility index (Phi) is 9.63. The summed E-state index contributed by atoms with van der Waals surface area (Å²) < 4.78 is 16.4. The highest BCUT2D eigenvalue weighted by atomic mass is 35.5. The third-order valence-corrected chi connectivity index (χ3v) is 3.98. The Morgan fingerprint density at radius 1 is 1.26 bits per heavy atom. The fraction of sp³-hybridized carbons (Fsp3) is 0.474. The third kappa shape index (κ3) is 7.05. The molecule has 0 aliphatic carbocycles. The fourth-order valence-electron chi connectivity index (χ4n) is 2.19. The molecule has 150 valence electrons. The zero-order valence-electron chi connectivity index (χ0n) is 16.3. The number of nitrogens with one attached hydrogen (secondary N) is 1. The summed E-state index contributed by atoms with van der Waals surface area (Å²) in [4.78, 5) is 4.35. The Balaban J connectivity index is 0.00000364. The molecule has 27 heavy (non-hydrogen) atoms. The van der Waals surface area contributed by atoms with Crippen molar-refractivity contribution in [2.75, 3.05) is 20.8 Å². The van der Waals surface area contributed by atoms with Gasteiger partial charge in [0.25, 0.3) is 5.89 Å². The molecule has 0 saturated heterocycles. The number of likely N-dealkylation sites (N-methyl/N-ethyl adjacent to an activating group) is 1. The summed E-state index contributed by atoms with van der Waals surface area (Å²) in [5.74, 6) is 2.65. The Hall–Kier alpha value is -1.76. The Morgan fingerprint density at radius 3 is 2.63 bits per heavy atom. The molecule has 2 rings (SSSR count). The Bertz CT molecular complexity index is 748. The van der Waals surface area contributed by atoms with E-state index in [1.165, 1.54) is 0 Å². The molecule has 1 aromatic heterocycles. The molecule has 0 aliphatic rings. The fourth-order valence-corrected chi connectivity index (χ4v) is 2.46. The van der Waals surface area contributed by atoms with Gasteiger partial charge in [0.2, 0.25) is 0 Å². The minimum atomic E-state index is 0. The summed E-state index contributed by atoms with van der Waals surface area (Å²) in [6.07, 6.45) is 4.30. The molecule has 8 heteroatoms. The number of methoxy groups -OCH3 is 1. The minimum Gasteiger partial charge on any atom is -0.493 e. The second-order valence-corrected chi connectivity index (χ2v) is 6.92. The summed E-state index contributed by atoms with van der Waals surface area (Å²) in [7, 11) is 3.49. The molecule has 0 saturated carbocycles. The van der Waals surface area contributed by atoms with Crippen LogP contribution in [0.15, 0.2) is 16.7 Å². The number of nitrogens with zero attached hydrogens (tertiary/aromatic N) is 2. The second kappa shape index (κ2) is 11.2.